The average molecular weight is 280 g/mol. The molecule has 0 bridgehead atoms. The molecular formula is C14H20N2O2S. The summed E-state index contributed by atoms with van der Waals surface area (Å²) < 4.78 is 27.6. The van der Waals surface area contributed by atoms with Gasteiger partial charge in [-0.2, -0.15) is 0 Å². The van der Waals surface area contributed by atoms with Crippen molar-refractivity contribution in [3.63, 3.8) is 0 Å². The summed E-state index contributed by atoms with van der Waals surface area (Å²) in [6.45, 7) is 2.14. The van der Waals surface area contributed by atoms with Crippen molar-refractivity contribution in [2.24, 2.45) is 0 Å². The van der Waals surface area contributed by atoms with E-state index >= 15 is 0 Å². The smallest absolute Gasteiger partial charge is 0.240 e. The van der Waals surface area contributed by atoms with Crippen LogP contribution < -0.4 is 4.72 Å². The quantitative estimate of drug-likeness (QED) is 0.915. The van der Waals surface area contributed by atoms with Crippen molar-refractivity contribution < 1.29 is 8.42 Å². The molecule has 1 N–H and O–H groups in total. The monoisotopic (exact) mass is 280 g/mol. The number of nitrogens with zero attached hydrogens (tertiary/aromatic N) is 1. The highest BCUT2D eigenvalue weighted by atomic mass is 32.2. The Morgan fingerprint density at radius 3 is 2.63 bits per heavy atom. The molecular weight excluding hydrogens is 260 g/mol. The number of sulfonamides is 1. The zero-order valence-corrected chi connectivity index (χ0v) is 11.8. The molecule has 19 heavy (non-hydrogen) atoms. The van der Waals surface area contributed by atoms with Crippen molar-refractivity contribution in [3.8, 4) is 0 Å². The van der Waals surface area contributed by atoms with Crippen molar-refractivity contribution >= 4 is 10.0 Å². The number of benzene rings is 1. The normalized spacial score (nSPS) is 28.2. The Morgan fingerprint density at radius 2 is 1.84 bits per heavy atom. The number of piperidine rings is 1. The number of rotatable bonds is 3. The number of nitrogens with one attached hydrogen (secondary N) is 1. The summed E-state index contributed by atoms with van der Waals surface area (Å²) in [6.07, 6.45) is 4.50. The van der Waals surface area contributed by atoms with E-state index in [2.05, 4.69) is 9.62 Å². The van der Waals surface area contributed by atoms with Gasteiger partial charge in [-0.1, -0.05) is 24.6 Å². The average Bonchev–Trinajstić information content (AvgIpc) is 2.83. The third-order valence-electron chi connectivity index (χ3n) is 4.22. The van der Waals surface area contributed by atoms with Crippen LogP contribution >= 0.6 is 0 Å². The molecule has 2 unspecified atom stereocenters. The minimum atomic E-state index is -3.37. The standard InChI is InChI=1S/C14H20N2O2S/c17-19(18,12-6-2-1-3-7-12)15-13-9-11-16-10-5-4-8-14(13)16/h1-3,6-7,13-15H,4-5,8-11H2. The predicted octanol–water partition coefficient (Wildman–Crippen LogP) is 1.59. The number of hydrogen-bond donors (Lipinski definition) is 1. The first kappa shape index (κ1) is 13.1. The van der Waals surface area contributed by atoms with E-state index < -0.39 is 10.0 Å². The Bertz CT molecular complexity index is 530. The maximum absolute atomic E-state index is 12.3. The fourth-order valence-corrected chi connectivity index (χ4v) is 4.58. The Morgan fingerprint density at radius 1 is 1.05 bits per heavy atom. The maximum Gasteiger partial charge on any atom is 0.240 e. The van der Waals surface area contributed by atoms with Crippen LogP contribution in [0.5, 0.6) is 0 Å². The lowest BCUT2D eigenvalue weighted by Crippen LogP contribution is -2.46. The number of fused-ring (bicyclic) bond motifs is 1. The van der Waals surface area contributed by atoms with Crippen molar-refractivity contribution in [2.75, 3.05) is 13.1 Å². The largest absolute Gasteiger partial charge is 0.299 e. The van der Waals surface area contributed by atoms with E-state index in [0.29, 0.717) is 10.9 Å². The van der Waals surface area contributed by atoms with Gasteiger partial charge in [0.25, 0.3) is 0 Å². The van der Waals surface area contributed by atoms with E-state index in [9.17, 15) is 8.42 Å². The molecule has 0 spiro atoms. The fraction of sp³-hybridized carbons (Fsp3) is 0.571. The molecule has 0 saturated carbocycles. The highest BCUT2D eigenvalue weighted by Crippen LogP contribution is 2.28. The molecule has 104 valence electrons. The van der Waals surface area contributed by atoms with Gasteiger partial charge in [0.1, 0.15) is 0 Å². The lowest BCUT2D eigenvalue weighted by Gasteiger charge is -2.32. The van der Waals surface area contributed by atoms with Gasteiger partial charge in [0.2, 0.25) is 10.0 Å². The van der Waals surface area contributed by atoms with E-state index in [1.807, 2.05) is 6.07 Å². The zero-order valence-electron chi connectivity index (χ0n) is 11.0. The molecule has 2 saturated heterocycles. The summed E-state index contributed by atoms with van der Waals surface area (Å²) in [5, 5.41) is 0. The summed E-state index contributed by atoms with van der Waals surface area (Å²) in [5.74, 6) is 0. The second-order valence-electron chi connectivity index (χ2n) is 5.43. The molecule has 5 heteroatoms. The SMILES string of the molecule is O=S(=O)(NC1CCN2CCCCC12)c1ccccc1. The van der Waals surface area contributed by atoms with Crippen LogP contribution in [-0.2, 0) is 10.0 Å². The van der Waals surface area contributed by atoms with Crippen molar-refractivity contribution in [1.29, 1.82) is 0 Å². The van der Waals surface area contributed by atoms with Crippen LogP contribution in [0.1, 0.15) is 25.7 Å². The molecule has 2 fully saturated rings. The third kappa shape index (κ3) is 2.68. The van der Waals surface area contributed by atoms with Crippen LogP contribution in [0, 0.1) is 0 Å². The molecule has 2 atom stereocenters. The predicted molar refractivity (Wildman–Crippen MR) is 74.4 cm³/mol. The Hall–Kier alpha value is -0.910. The van der Waals surface area contributed by atoms with Crippen LogP contribution in [-0.4, -0.2) is 38.5 Å². The molecule has 0 aromatic heterocycles. The van der Waals surface area contributed by atoms with Gasteiger partial charge in [0.05, 0.1) is 4.90 Å². The third-order valence-corrected chi connectivity index (χ3v) is 5.72. The first-order chi connectivity index (χ1) is 9.17. The highest BCUT2D eigenvalue weighted by Gasteiger charge is 2.37. The van der Waals surface area contributed by atoms with E-state index in [0.717, 1.165) is 25.9 Å². The highest BCUT2D eigenvalue weighted by molar-refractivity contribution is 7.89. The number of hydrogen-bond acceptors (Lipinski definition) is 3. The molecule has 0 aliphatic carbocycles. The molecule has 2 aliphatic rings. The first-order valence-corrected chi connectivity index (χ1v) is 8.46. The van der Waals surface area contributed by atoms with Crippen molar-refractivity contribution in [1.82, 2.24) is 9.62 Å². The summed E-state index contributed by atoms with van der Waals surface area (Å²) in [7, 11) is -3.37. The van der Waals surface area contributed by atoms with Gasteiger partial charge in [-0.3, -0.25) is 4.90 Å². The van der Waals surface area contributed by atoms with Crippen LogP contribution in [0.15, 0.2) is 35.2 Å². The van der Waals surface area contributed by atoms with Crippen molar-refractivity contribution in [2.45, 2.75) is 42.7 Å². The molecule has 0 radical (unpaired) electrons. The van der Waals surface area contributed by atoms with Gasteiger partial charge < -0.3 is 0 Å². The van der Waals surface area contributed by atoms with Crippen LogP contribution in [0.4, 0.5) is 0 Å². The zero-order chi connectivity index (χ0) is 13.3. The first-order valence-electron chi connectivity index (χ1n) is 6.98. The van der Waals surface area contributed by atoms with Gasteiger partial charge in [0.15, 0.2) is 0 Å². The van der Waals surface area contributed by atoms with Crippen molar-refractivity contribution in [3.05, 3.63) is 30.3 Å². The van der Waals surface area contributed by atoms with E-state index in [1.54, 1.807) is 24.3 Å². The molecule has 2 aliphatic heterocycles. The second kappa shape index (κ2) is 5.23. The van der Waals surface area contributed by atoms with Gasteiger partial charge in [0, 0.05) is 18.6 Å². The summed E-state index contributed by atoms with van der Waals surface area (Å²) in [6, 6.07) is 9.12. The van der Waals surface area contributed by atoms with Gasteiger partial charge >= 0.3 is 0 Å². The molecule has 2 heterocycles. The summed E-state index contributed by atoms with van der Waals surface area (Å²) in [4.78, 5) is 2.80. The molecule has 3 rings (SSSR count). The molecule has 4 nitrogen and oxygen atoms in total. The Kier molecular flexibility index (Phi) is 3.60. The van der Waals surface area contributed by atoms with Crippen LogP contribution in [0.3, 0.4) is 0 Å². The molecule has 1 aromatic carbocycles. The fourth-order valence-electron chi connectivity index (χ4n) is 3.25. The summed E-state index contributed by atoms with van der Waals surface area (Å²) in [5.41, 5.74) is 0. The second-order valence-corrected chi connectivity index (χ2v) is 7.14. The van der Waals surface area contributed by atoms with Gasteiger partial charge in [-0.25, -0.2) is 13.1 Å². The lowest BCUT2D eigenvalue weighted by molar-refractivity contribution is 0.186. The molecule has 1 aromatic rings. The van der Waals surface area contributed by atoms with E-state index in [1.165, 1.54) is 12.8 Å². The Balaban J connectivity index is 1.75. The van der Waals surface area contributed by atoms with Crippen LogP contribution in [0.25, 0.3) is 0 Å². The van der Waals surface area contributed by atoms with E-state index in [-0.39, 0.29) is 6.04 Å². The maximum atomic E-state index is 12.3. The molecule has 0 amide bonds. The van der Waals surface area contributed by atoms with E-state index in [4.69, 9.17) is 0 Å². The van der Waals surface area contributed by atoms with Gasteiger partial charge in [-0.15, -0.1) is 0 Å². The Labute approximate surface area is 114 Å². The van der Waals surface area contributed by atoms with Gasteiger partial charge in [-0.05, 0) is 37.9 Å². The van der Waals surface area contributed by atoms with Crippen LogP contribution in [0.2, 0.25) is 0 Å². The minimum absolute atomic E-state index is 0.0745. The summed E-state index contributed by atoms with van der Waals surface area (Å²) >= 11 is 0. The minimum Gasteiger partial charge on any atom is -0.299 e. The lowest BCUT2D eigenvalue weighted by atomic mass is 10.00. The topological polar surface area (TPSA) is 49.4 Å².